The van der Waals surface area contributed by atoms with Crippen molar-refractivity contribution in [3.05, 3.63) is 64.8 Å². The first-order valence-corrected chi connectivity index (χ1v) is 8.50. The normalized spacial score (nSPS) is 10.8. The third-order valence-corrected chi connectivity index (χ3v) is 5.15. The molecule has 5 heteroatoms. The van der Waals surface area contributed by atoms with E-state index in [-0.39, 0.29) is 11.7 Å². The Morgan fingerprint density at radius 3 is 2.58 bits per heavy atom. The molecule has 1 aromatic heterocycles. The topological polar surface area (TPSA) is 29.5 Å². The van der Waals surface area contributed by atoms with Crippen LogP contribution in [0.25, 0.3) is 10.1 Å². The van der Waals surface area contributed by atoms with Gasteiger partial charge in [-0.1, -0.05) is 18.2 Å². The van der Waals surface area contributed by atoms with Crippen LogP contribution in [0.1, 0.15) is 15.2 Å². The van der Waals surface area contributed by atoms with Gasteiger partial charge in [0.1, 0.15) is 18.2 Å². The number of carbonyl (C=O) groups is 1. The Balaban J connectivity index is 1.63. The van der Waals surface area contributed by atoms with Gasteiger partial charge in [-0.25, -0.2) is 4.39 Å². The van der Waals surface area contributed by atoms with Crippen LogP contribution in [0.5, 0.6) is 5.75 Å². The van der Waals surface area contributed by atoms with E-state index in [0.717, 1.165) is 20.5 Å². The largest absolute Gasteiger partial charge is 0.492 e. The van der Waals surface area contributed by atoms with E-state index in [1.54, 1.807) is 24.1 Å². The molecule has 1 amide bonds. The van der Waals surface area contributed by atoms with Crippen LogP contribution >= 0.6 is 11.3 Å². The predicted molar refractivity (Wildman–Crippen MR) is 95.4 cm³/mol. The van der Waals surface area contributed by atoms with E-state index in [1.807, 2.05) is 31.2 Å². The molecule has 0 fully saturated rings. The fourth-order valence-corrected chi connectivity index (χ4v) is 3.69. The van der Waals surface area contributed by atoms with E-state index in [2.05, 4.69) is 0 Å². The second kappa shape index (κ2) is 7.01. The first-order chi connectivity index (χ1) is 11.6. The van der Waals surface area contributed by atoms with Crippen LogP contribution in [-0.4, -0.2) is 31.0 Å². The molecule has 124 valence electrons. The summed E-state index contributed by atoms with van der Waals surface area (Å²) < 4.78 is 19.5. The molecule has 0 aliphatic heterocycles. The van der Waals surface area contributed by atoms with Gasteiger partial charge in [0.05, 0.1) is 11.4 Å². The van der Waals surface area contributed by atoms with Crippen molar-refractivity contribution in [3.63, 3.8) is 0 Å². The number of thiophene rings is 1. The molecule has 0 unspecified atom stereocenters. The molecule has 24 heavy (non-hydrogen) atoms. The minimum atomic E-state index is -0.296. The minimum absolute atomic E-state index is 0.00333. The fraction of sp³-hybridized carbons (Fsp3) is 0.211. The van der Waals surface area contributed by atoms with Gasteiger partial charge in [-0.3, -0.25) is 4.79 Å². The van der Waals surface area contributed by atoms with E-state index >= 15 is 0 Å². The third-order valence-electron chi connectivity index (χ3n) is 3.89. The Hall–Kier alpha value is -2.40. The Labute approximate surface area is 144 Å². The van der Waals surface area contributed by atoms with Crippen molar-refractivity contribution in [2.45, 2.75) is 6.92 Å². The lowest BCUT2D eigenvalue weighted by Crippen LogP contribution is -2.30. The summed E-state index contributed by atoms with van der Waals surface area (Å²) in [4.78, 5) is 15.1. The fourth-order valence-electron chi connectivity index (χ4n) is 2.48. The molecule has 0 aliphatic rings. The highest BCUT2D eigenvalue weighted by atomic mass is 32.1. The number of rotatable bonds is 5. The monoisotopic (exact) mass is 343 g/mol. The number of likely N-dealkylation sites (N-methyl/N-ethyl adjacent to an activating group) is 1. The van der Waals surface area contributed by atoms with Crippen molar-refractivity contribution in [2.75, 3.05) is 20.2 Å². The number of amides is 1. The average Bonchev–Trinajstić information content (AvgIpc) is 2.93. The minimum Gasteiger partial charge on any atom is -0.492 e. The van der Waals surface area contributed by atoms with E-state index in [9.17, 15) is 9.18 Å². The van der Waals surface area contributed by atoms with Gasteiger partial charge in [0.15, 0.2) is 0 Å². The van der Waals surface area contributed by atoms with Crippen LogP contribution in [0.3, 0.4) is 0 Å². The van der Waals surface area contributed by atoms with Crippen LogP contribution in [0.15, 0.2) is 48.5 Å². The molecule has 2 aromatic carbocycles. The number of hydrogen-bond acceptors (Lipinski definition) is 3. The first kappa shape index (κ1) is 16.5. The van der Waals surface area contributed by atoms with Crippen molar-refractivity contribution < 1.29 is 13.9 Å². The van der Waals surface area contributed by atoms with Gasteiger partial charge in [0.25, 0.3) is 5.91 Å². The maximum Gasteiger partial charge on any atom is 0.264 e. The van der Waals surface area contributed by atoms with Gasteiger partial charge >= 0.3 is 0 Å². The molecule has 0 spiro atoms. The zero-order valence-corrected chi connectivity index (χ0v) is 14.4. The van der Waals surface area contributed by atoms with Gasteiger partial charge in [-0.05, 0) is 48.2 Å². The molecule has 0 radical (unpaired) electrons. The number of ether oxygens (including phenoxy) is 1. The summed E-state index contributed by atoms with van der Waals surface area (Å²) in [5, 5.41) is 1.13. The van der Waals surface area contributed by atoms with Crippen LogP contribution < -0.4 is 4.74 Å². The number of fused-ring (bicyclic) bond motifs is 1. The third kappa shape index (κ3) is 3.41. The van der Waals surface area contributed by atoms with Crippen LogP contribution in [-0.2, 0) is 0 Å². The highest BCUT2D eigenvalue weighted by Gasteiger charge is 2.18. The standard InChI is InChI=1S/C19H18FNO2S/c1-13-16-5-3-4-6-17(16)24-18(13)19(22)21(2)11-12-23-15-9-7-14(20)8-10-15/h3-10H,11-12H2,1-2H3. The van der Waals surface area contributed by atoms with E-state index in [4.69, 9.17) is 4.74 Å². The van der Waals surface area contributed by atoms with Crippen molar-refractivity contribution in [1.82, 2.24) is 4.90 Å². The quantitative estimate of drug-likeness (QED) is 0.683. The Bertz CT molecular complexity index is 857. The van der Waals surface area contributed by atoms with Crippen LogP contribution in [0.2, 0.25) is 0 Å². The predicted octanol–water partition coefficient (Wildman–Crippen LogP) is 4.50. The van der Waals surface area contributed by atoms with Gasteiger partial charge < -0.3 is 9.64 Å². The number of halogens is 1. The number of benzene rings is 2. The molecular weight excluding hydrogens is 325 g/mol. The zero-order valence-electron chi connectivity index (χ0n) is 13.6. The van der Waals surface area contributed by atoms with Crippen molar-refractivity contribution in [1.29, 1.82) is 0 Å². The van der Waals surface area contributed by atoms with E-state index < -0.39 is 0 Å². The van der Waals surface area contributed by atoms with E-state index in [0.29, 0.717) is 18.9 Å². The summed E-state index contributed by atoms with van der Waals surface area (Å²) >= 11 is 1.52. The average molecular weight is 343 g/mol. The van der Waals surface area contributed by atoms with Gasteiger partial charge in [0, 0.05) is 11.7 Å². The summed E-state index contributed by atoms with van der Waals surface area (Å²) in [7, 11) is 1.76. The lowest BCUT2D eigenvalue weighted by Gasteiger charge is -2.17. The summed E-state index contributed by atoms with van der Waals surface area (Å²) in [5.74, 6) is 0.293. The number of carbonyl (C=O) groups excluding carboxylic acids is 1. The first-order valence-electron chi connectivity index (χ1n) is 7.68. The summed E-state index contributed by atoms with van der Waals surface area (Å²) in [6.45, 7) is 2.80. The molecule has 3 rings (SSSR count). The molecule has 3 nitrogen and oxygen atoms in total. The maximum atomic E-state index is 12.8. The van der Waals surface area contributed by atoms with E-state index in [1.165, 1.54) is 23.5 Å². The lowest BCUT2D eigenvalue weighted by molar-refractivity contribution is 0.0778. The Morgan fingerprint density at radius 2 is 1.88 bits per heavy atom. The highest BCUT2D eigenvalue weighted by Crippen LogP contribution is 2.31. The molecule has 0 aliphatic carbocycles. The maximum absolute atomic E-state index is 12.8. The molecule has 1 heterocycles. The summed E-state index contributed by atoms with van der Waals surface area (Å²) in [6, 6.07) is 13.9. The Morgan fingerprint density at radius 1 is 1.17 bits per heavy atom. The van der Waals surface area contributed by atoms with Crippen LogP contribution in [0.4, 0.5) is 4.39 Å². The molecule has 0 N–H and O–H groups in total. The second-order valence-electron chi connectivity index (χ2n) is 5.58. The number of aryl methyl sites for hydroxylation is 1. The SMILES string of the molecule is Cc1c(C(=O)N(C)CCOc2ccc(F)cc2)sc2ccccc12. The lowest BCUT2D eigenvalue weighted by atomic mass is 10.1. The number of nitrogens with zero attached hydrogens (tertiary/aromatic N) is 1. The highest BCUT2D eigenvalue weighted by molar-refractivity contribution is 7.21. The van der Waals surface area contributed by atoms with Gasteiger partial charge in [-0.15, -0.1) is 11.3 Å². The molecule has 0 atom stereocenters. The molecule has 0 saturated heterocycles. The number of hydrogen-bond donors (Lipinski definition) is 0. The Kier molecular flexibility index (Phi) is 4.81. The zero-order chi connectivity index (χ0) is 17.1. The van der Waals surface area contributed by atoms with Gasteiger partial charge in [0.2, 0.25) is 0 Å². The summed E-state index contributed by atoms with van der Waals surface area (Å²) in [5.41, 5.74) is 1.02. The van der Waals surface area contributed by atoms with Crippen LogP contribution in [0, 0.1) is 12.7 Å². The molecular formula is C19H18FNO2S. The van der Waals surface area contributed by atoms with Crippen molar-refractivity contribution in [3.8, 4) is 5.75 Å². The molecule has 0 bridgehead atoms. The molecule has 0 saturated carbocycles. The van der Waals surface area contributed by atoms with Crippen molar-refractivity contribution >= 4 is 27.3 Å². The second-order valence-corrected chi connectivity index (χ2v) is 6.63. The van der Waals surface area contributed by atoms with Gasteiger partial charge in [-0.2, -0.15) is 0 Å². The summed E-state index contributed by atoms with van der Waals surface area (Å²) in [6.07, 6.45) is 0. The molecule has 3 aromatic rings. The van der Waals surface area contributed by atoms with Crippen molar-refractivity contribution in [2.24, 2.45) is 0 Å². The smallest absolute Gasteiger partial charge is 0.264 e.